The van der Waals surface area contributed by atoms with Gasteiger partial charge < -0.3 is 5.32 Å². The summed E-state index contributed by atoms with van der Waals surface area (Å²) < 4.78 is 14.3. The largest absolute Gasteiger partial charge is 0.309 e. The first kappa shape index (κ1) is 14.2. The second-order valence-corrected chi connectivity index (χ2v) is 5.60. The van der Waals surface area contributed by atoms with E-state index >= 15 is 0 Å². The van der Waals surface area contributed by atoms with Gasteiger partial charge in [-0.15, -0.1) is 0 Å². The van der Waals surface area contributed by atoms with Gasteiger partial charge in [0.25, 0.3) is 0 Å². The van der Waals surface area contributed by atoms with Gasteiger partial charge >= 0.3 is 0 Å². The minimum Gasteiger partial charge on any atom is -0.309 e. The SMILES string of the molecule is CNC(c1ccc(F)cc1C)c1ccc(C)cc1Br. The van der Waals surface area contributed by atoms with E-state index in [1.54, 1.807) is 6.07 Å². The van der Waals surface area contributed by atoms with Gasteiger partial charge in [0.15, 0.2) is 0 Å². The number of aryl methyl sites for hydroxylation is 2. The molecule has 0 bridgehead atoms. The molecule has 0 heterocycles. The molecule has 3 heteroatoms. The molecule has 0 fully saturated rings. The summed E-state index contributed by atoms with van der Waals surface area (Å²) in [6.45, 7) is 4.00. The molecule has 0 saturated carbocycles. The lowest BCUT2D eigenvalue weighted by molar-refractivity contribution is 0.621. The smallest absolute Gasteiger partial charge is 0.123 e. The van der Waals surface area contributed by atoms with Crippen molar-refractivity contribution in [1.29, 1.82) is 0 Å². The van der Waals surface area contributed by atoms with Gasteiger partial charge in [-0.1, -0.05) is 34.1 Å². The van der Waals surface area contributed by atoms with Gasteiger partial charge in [-0.25, -0.2) is 4.39 Å². The Labute approximate surface area is 122 Å². The molecular formula is C16H17BrFN. The summed E-state index contributed by atoms with van der Waals surface area (Å²) in [5, 5.41) is 3.30. The predicted octanol–water partition coefficient (Wildman–Crippen LogP) is 4.51. The van der Waals surface area contributed by atoms with Gasteiger partial charge in [-0.3, -0.25) is 0 Å². The highest BCUT2D eigenvalue weighted by molar-refractivity contribution is 9.10. The van der Waals surface area contributed by atoms with Gasteiger partial charge in [-0.2, -0.15) is 0 Å². The third-order valence-electron chi connectivity index (χ3n) is 3.30. The topological polar surface area (TPSA) is 12.0 Å². The van der Waals surface area contributed by atoms with Crippen molar-refractivity contribution in [1.82, 2.24) is 5.32 Å². The number of hydrogen-bond donors (Lipinski definition) is 1. The summed E-state index contributed by atoms with van der Waals surface area (Å²) in [5.74, 6) is -0.195. The van der Waals surface area contributed by atoms with Crippen LogP contribution in [0.25, 0.3) is 0 Å². The standard InChI is InChI=1S/C16H17BrFN/c1-10-4-6-14(15(17)8-10)16(19-3)13-7-5-12(18)9-11(13)2/h4-9,16,19H,1-3H3. The van der Waals surface area contributed by atoms with Crippen molar-refractivity contribution in [3.8, 4) is 0 Å². The zero-order chi connectivity index (χ0) is 14.0. The van der Waals surface area contributed by atoms with E-state index in [-0.39, 0.29) is 11.9 Å². The van der Waals surface area contributed by atoms with E-state index in [1.165, 1.54) is 11.6 Å². The Morgan fingerprint density at radius 1 is 1.05 bits per heavy atom. The van der Waals surface area contributed by atoms with Gasteiger partial charge in [-0.05, 0) is 61.3 Å². The van der Waals surface area contributed by atoms with E-state index in [2.05, 4.69) is 46.4 Å². The van der Waals surface area contributed by atoms with Crippen molar-refractivity contribution in [2.24, 2.45) is 0 Å². The molecule has 0 amide bonds. The van der Waals surface area contributed by atoms with Crippen molar-refractivity contribution < 1.29 is 4.39 Å². The lowest BCUT2D eigenvalue weighted by atomic mass is 9.94. The van der Waals surface area contributed by atoms with Crippen LogP contribution < -0.4 is 5.32 Å². The monoisotopic (exact) mass is 321 g/mol. The number of nitrogens with one attached hydrogen (secondary N) is 1. The second-order valence-electron chi connectivity index (χ2n) is 4.75. The fourth-order valence-electron chi connectivity index (χ4n) is 2.31. The molecule has 1 unspecified atom stereocenters. The lowest BCUT2D eigenvalue weighted by Crippen LogP contribution is -2.19. The highest BCUT2D eigenvalue weighted by atomic mass is 79.9. The minimum atomic E-state index is -0.195. The van der Waals surface area contributed by atoms with Crippen LogP contribution in [0.4, 0.5) is 4.39 Å². The molecule has 1 atom stereocenters. The molecule has 0 aliphatic heterocycles. The van der Waals surface area contributed by atoms with E-state index < -0.39 is 0 Å². The van der Waals surface area contributed by atoms with Crippen LogP contribution in [0, 0.1) is 19.7 Å². The van der Waals surface area contributed by atoms with Gasteiger partial charge in [0, 0.05) is 4.47 Å². The molecule has 0 aliphatic carbocycles. The lowest BCUT2D eigenvalue weighted by Gasteiger charge is -2.21. The normalized spacial score (nSPS) is 12.5. The van der Waals surface area contributed by atoms with Crippen LogP contribution in [0.3, 0.4) is 0 Å². The first-order valence-electron chi connectivity index (χ1n) is 6.22. The Bertz CT molecular complexity index is 544. The Morgan fingerprint density at radius 2 is 1.74 bits per heavy atom. The molecule has 0 aromatic heterocycles. The maximum Gasteiger partial charge on any atom is 0.123 e. The first-order valence-corrected chi connectivity index (χ1v) is 7.01. The van der Waals surface area contributed by atoms with E-state index in [1.807, 2.05) is 20.0 Å². The summed E-state index contributed by atoms with van der Waals surface area (Å²) in [4.78, 5) is 0. The average Bonchev–Trinajstić information content (AvgIpc) is 2.34. The number of hydrogen-bond acceptors (Lipinski definition) is 1. The van der Waals surface area contributed by atoms with E-state index in [9.17, 15) is 4.39 Å². The van der Waals surface area contributed by atoms with Crippen LogP contribution in [-0.2, 0) is 0 Å². The highest BCUT2D eigenvalue weighted by Gasteiger charge is 2.17. The van der Waals surface area contributed by atoms with Crippen LogP contribution in [-0.4, -0.2) is 7.05 Å². The zero-order valence-corrected chi connectivity index (χ0v) is 12.9. The van der Waals surface area contributed by atoms with E-state index in [4.69, 9.17) is 0 Å². The first-order chi connectivity index (χ1) is 9.02. The maximum atomic E-state index is 13.2. The summed E-state index contributed by atoms with van der Waals surface area (Å²) in [5.41, 5.74) is 4.41. The zero-order valence-electron chi connectivity index (χ0n) is 11.3. The molecule has 2 aromatic carbocycles. The summed E-state index contributed by atoms with van der Waals surface area (Å²) in [7, 11) is 1.92. The minimum absolute atomic E-state index is 0.0515. The molecule has 0 saturated heterocycles. The molecule has 2 aromatic rings. The molecule has 1 N–H and O–H groups in total. The molecule has 19 heavy (non-hydrogen) atoms. The summed E-state index contributed by atoms with van der Waals surface area (Å²) in [6, 6.07) is 11.3. The molecule has 1 nitrogen and oxygen atoms in total. The van der Waals surface area contributed by atoms with Gasteiger partial charge in [0.05, 0.1) is 6.04 Å². The Morgan fingerprint density at radius 3 is 2.32 bits per heavy atom. The van der Waals surface area contributed by atoms with Crippen molar-refractivity contribution in [3.05, 3.63) is 68.9 Å². The Hall–Kier alpha value is -1.19. The third-order valence-corrected chi connectivity index (χ3v) is 3.99. The number of halogens is 2. The maximum absolute atomic E-state index is 13.2. The average molecular weight is 322 g/mol. The molecule has 0 spiro atoms. The summed E-state index contributed by atoms with van der Waals surface area (Å²) in [6.07, 6.45) is 0. The van der Waals surface area contributed by atoms with Crippen molar-refractivity contribution in [3.63, 3.8) is 0 Å². The van der Waals surface area contributed by atoms with Crippen molar-refractivity contribution in [2.45, 2.75) is 19.9 Å². The third kappa shape index (κ3) is 3.04. The predicted molar refractivity (Wildman–Crippen MR) is 80.9 cm³/mol. The molecular weight excluding hydrogens is 305 g/mol. The van der Waals surface area contributed by atoms with Crippen molar-refractivity contribution >= 4 is 15.9 Å². The van der Waals surface area contributed by atoms with Gasteiger partial charge in [0.2, 0.25) is 0 Å². The van der Waals surface area contributed by atoms with Crippen molar-refractivity contribution in [2.75, 3.05) is 7.05 Å². The number of rotatable bonds is 3. The highest BCUT2D eigenvalue weighted by Crippen LogP contribution is 2.31. The number of benzene rings is 2. The fourth-order valence-corrected chi connectivity index (χ4v) is 3.03. The molecule has 0 radical (unpaired) electrons. The summed E-state index contributed by atoms with van der Waals surface area (Å²) >= 11 is 3.61. The van der Waals surface area contributed by atoms with Crippen LogP contribution in [0.15, 0.2) is 40.9 Å². The molecule has 0 aliphatic rings. The quantitative estimate of drug-likeness (QED) is 0.876. The van der Waals surface area contributed by atoms with Crippen LogP contribution in [0.5, 0.6) is 0 Å². The van der Waals surface area contributed by atoms with Crippen LogP contribution in [0.1, 0.15) is 28.3 Å². The Balaban J connectivity index is 2.50. The van der Waals surface area contributed by atoms with Crippen LogP contribution >= 0.6 is 15.9 Å². The van der Waals surface area contributed by atoms with E-state index in [0.29, 0.717) is 0 Å². The van der Waals surface area contributed by atoms with Gasteiger partial charge in [0.1, 0.15) is 5.82 Å². The van der Waals surface area contributed by atoms with E-state index in [0.717, 1.165) is 21.2 Å². The fraction of sp³-hybridized carbons (Fsp3) is 0.250. The second kappa shape index (κ2) is 5.85. The Kier molecular flexibility index (Phi) is 4.38. The molecule has 2 rings (SSSR count). The van der Waals surface area contributed by atoms with Crippen LogP contribution in [0.2, 0.25) is 0 Å². The molecule has 100 valence electrons.